The zero-order chi connectivity index (χ0) is 20.8. The highest BCUT2D eigenvalue weighted by atomic mass is 32.1. The van der Waals surface area contributed by atoms with Gasteiger partial charge in [-0.1, -0.05) is 18.2 Å². The van der Waals surface area contributed by atoms with Gasteiger partial charge in [0.05, 0.1) is 23.8 Å². The molecule has 1 aliphatic heterocycles. The number of thiazole rings is 1. The molecule has 6 nitrogen and oxygen atoms in total. The molecule has 1 N–H and O–H groups in total. The minimum atomic E-state index is -0.0913. The lowest BCUT2D eigenvalue weighted by molar-refractivity contribution is 0.0322. The lowest BCUT2D eigenvalue weighted by atomic mass is 10.2. The van der Waals surface area contributed by atoms with Crippen molar-refractivity contribution in [2.75, 3.05) is 39.5 Å². The van der Waals surface area contributed by atoms with E-state index in [4.69, 9.17) is 9.47 Å². The summed E-state index contributed by atoms with van der Waals surface area (Å²) in [5, 5.41) is 5.91. The molecule has 0 aliphatic carbocycles. The van der Waals surface area contributed by atoms with E-state index in [-0.39, 0.29) is 5.91 Å². The molecule has 0 bridgehead atoms. The van der Waals surface area contributed by atoms with Crippen LogP contribution in [0.5, 0.6) is 5.75 Å². The zero-order valence-electron chi connectivity index (χ0n) is 16.9. The number of ether oxygens (including phenoxy) is 2. The third-order valence-electron chi connectivity index (χ3n) is 4.87. The van der Waals surface area contributed by atoms with Crippen molar-refractivity contribution >= 4 is 28.6 Å². The number of carbonyl (C=O) groups excluding carboxylic acids is 1. The van der Waals surface area contributed by atoms with Crippen LogP contribution in [0, 0.1) is 6.92 Å². The van der Waals surface area contributed by atoms with Gasteiger partial charge in [-0.3, -0.25) is 9.69 Å². The Bertz CT molecular complexity index is 966. The molecular weight excluding hydrogens is 418 g/mol. The molecule has 30 heavy (non-hydrogen) atoms. The first-order chi connectivity index (χ1) is 14.7. The monoisotopic (exact) mass is 443 g/mol. The molecule has 3 aromatic rings. The van der Waals surface area contributed by atoms with E-state index in [9.17, 15) is 4.79 Å². The average Bonchev–Trinajstić information content (AvgIpc) is 3.43. The molecule has 0 radical (unpaired) electrons. The molecular formula is C22H25N3O3S2. The Hall–Kier alpha value is -2.26. The van der Waals surface area contributed by atoms with Crippen LogP contribution in [0.15, 0.2) is 41.8 Å². The first-order valence-corrected chi connectivity index (χ1v) is 11.7. The van der Waals surface area contributed by atoms with Gasteiger partial charge in [0.1, 0.15) is 22.2 Å². The molecule has 4 rings (SSSR count). The highest BCUT2D eigenvalue weighted by Crippen LogP contribution is 2.31. The van der Waals surface area contributed by atoms with Gasteiger partial charge in [-0.25, -0.2) is 4.98 Å². The molecule has 158 valence electrons. The Morgan fingerprint density at radius 1 is 1.27 bits per heavy atom. The highest BCUT2D eigenvalue weighted by Gasteiger charge is 2.16. The fraction of sp³-hybridized carbons (Fsp3) is 0.364. The maximum absolute atomic E-state index is 12.7. The van der Waals surface area contributed by atoms with Crippen LogP contribution in [-0.2, 0) is 11.3 Å². The first kappa shape index (κ1) is 21.0. The summed E-state index contributed by atoms with van der Waals surface area (Å²) in [4.78, 5) is 21.3. The quantitative estimate of drug-likeness (QED) is 0.573. The van der Waals surface area contributed by atoms with Gasteiger partial charge < -0.3 is 14.8 Å². The molecule has 0 spiro atoms. The van der Waals surface area contributed by atoms with E-state index in [1.165, 1.54) is 11.3 Å². The number of carbonyl (C=O) groups is 1. The maximum atomic E-state index is 12.7. The standard InChI is InChI=1S/C22H25N3O3S2/c1-16-20(30-22(24-16)19-6-3-13-29-19)21(26)23-15-17-4-2-5-18(14-17)28-12-9-25-7-10-27-11-8-25/h2-6,13-14H,7-12,15H2,1H3,(H,23,26). The summed E-state index contributed by atoms with van der Waals surface area (Å²) in [6, 6.07) is 11.9. The number of hydrogen-bond donors (Lipinski definition) is 1. The second-order valence-electron chi connectivity index (χ2n) is 7.04. The Morgan fingerprint density at radius 3 is 2.93 bits per heavy atom. The van der Waals surface area contributed by atoms with Crippen LogP contribution in [0.1, 0.15) is 20.9 Å². The van der Waals surface area contributed by atoms with Crippen molar-refractivity contribution in [1.29, 1.82) is 0 Å². The molecule has 1 amide bonds. The number of rotatable bonds is 8. The summed E-state index contributed by atoms with van der Waals surface area (Å²) in [6.45, 7) is 7.37. The van der Waals surface area contributed by atoms with Crippen molar-refractivity contribution in [1.82, 2.24) is 15.2 Å². The molecule has 3 heterocycles. The Labute approximate surface area is 184 Å². The maximum Gasteiger partial charge on any atom is 0.263 e. The van der Waals surface area contributed by atoms with Crippen molar-refractivity contribution in [3.63, 3.8) is 0 Å². The molecule has 1 saturated heterocycles. The van der Waals surface area contributed by atoms with Gasteiger partial charge >= 0.3 is 0 Å². The van der Waals surface area contributed by atoms with Crippen LogP contribution in [0.25, 0.3) is 9.88 Å². The molecule has 0 saturated carbocycles. The molecule has 8 heteroatoms. The van der Waals surface area contributed by atoms with Crippen LogP contribution in [0.4, 0.5) is 0 Å². The number of nitrogens with zero attached hydrogens (tertiary/aromatic N) is 2. The van der Waals surface area contributed by atoms with Crippen LogP contribution < -0.4 is 10.1 Å². The summed E-state index contributed by atoms with van der Waals surface area (Å²) >= 11 is 3.07. The van der Waals surface area contributed by atoms with Gasteiger partial charge in [0.25, 0.3) is 5.91 Å². The molecule has 1 aliphatic rings. The van der Waals surface area contributed by atoms with Crippen molar-refractivity contribution in [2.45, 2.75) is 13.5 Å². The number of morpholine rings is 1. The lowest BCUT2D eigenvalue weighted by Gasteiger charge is -2.26. The smallest absolute Gasteiger partial charge is 0.263 e. The summed E-state index contributed by atoms with van der Waals surface area (Å²) in [5.74, 6) is 0.732. The second kappa shape index (κ2) is 10.2. The van der Waals surface area contributed by atoms with E-state index < -0.39 is 0 Å². The van der Waals surface area contributed by atoms with Gasteiger partial charge in [-0.05, 0) is 36.1 Å². The average molecular weight is 444 g/mol. The van der Waals surface area contributed by atoms with Gasteiger partial charge in [0.2, 0.25) is 0 Å². The first-order valence-electron chi connectivity index (χ1n) is 10.0. The number of aryl methyl sites for hydroxylation is 1. The predicted molar refractivity (Wildman–Crippen MR) is 121 cm³/mol. The second-order valence-corrected chi connectivity index (χ2v) is 8.99. The topological polar surface area (TPSA) is 63.7 Å². The summed E-state index contributed by atoms with van der Waals surface area (Å²) in [5.41, 5.74) is 1.77. The summed E-state index contributed by atoms with van der Waals surface area (Å²) < 4.78 is 11.3. The third kappa shape index (κ3) is 5.46. The molecule has 0 atom stereocenters. The zero-order valence-corrected chi connectivity index (χ0v) is 18.6. The van der Waals surface area contributed by atoms with Gasteiger partial charge in [0.15, 0.2) is 0 Å². The summed E-state index contributed by atoms with van der Waals surface area (Å²) in [7, 11) is 0. The minimum Gasteiger partial charge on any atom is -0.492 e. The van der Waals surface area contributed by atoms with Crippen LogP contribution in [-0.4, -0.2) is 55.2 Å². The van der Waals surface area contributed by atoms with Gasteiger partial charge in [-0.2, -0.15) is 0 Å². The predicted octanol–water partition coefficient (Wildman–Crippen LogP) is 3.82. The number of thiophene rings is 1. The van der Waals surface area contributed by atoms with E-state index in [0.717, 1.165) is 59.7 Å². The SMILES string of the molecule is Cc1nc(-c2cccs2)sc1C(=O)NCc1cccc(OCCN2CCOCC2)c1. The van der Waals surface area contributed by atoms with E-state index >= 15 is 0 Å². The van der Waals surface area contributed by atoms with Crippen molar-refractivity contribution < 1.29 is 14.3 Å². The van der Waals surface area contributed by atoms with E-state index in [1.54, 1.807) is 11.3 Å². The fourth-order valence-electron chi connectivity index (χ4n) is 3.24. The van der Waals surface area contributed by atoms with Crippen LogP contribution >= 0.6 is 22.7 Å². The molecule has 0 unspecified atom stereocenters. The number of benzene rings is 1. The Balaban J connectivity index is 1.29. The number of hydrogen-bond acceptors (Lipinski definition) is 7. The van der Waals surface area contributed by atoms with E-state index in [1.807, 2.05) is 48.7 Å². The normalized spacial score (nSPS) is 14.6. The number of amides is 1. The Kier molecular flexibility index (Phi) is 7.11. The largest absolute Gasteiger partial charge is 0.492 e. The lowest BCUT2D eigenvalue weighted by Crippen LogP contribution is -2.38. The highest BCUT2D eigenvalue weighted by molar-refractivity contribution is 7.22. The molecule has 1 fully saturated rings. The van der Waals surface area contributed by atoms with E-state index in [2.05, 4.69) is 15.2 Å². The van der Waals surface area contributed by atoms with Crippen molar-refractivity contribution in [3.8, 4) is 15.6 Å². The number of aromatic nitrogens is 1. The Morgan fingerprint density at radius 2 is 2.13 bits per heavy atom. The van der Waals surface area contributed by atoms with Crippen molar-refractivity contribution in [2.24, 2.45) is 0 Å². The third-order valence-corrected chi connectivity index (χ3v) is 7.06. The van der Waals surface area contributed by atoms with Crippen LogP contribution in [0.2, 0.25) is 0 Å². The van der Waals surface area contributed by atoms with Gasteiger partial charge in [0, 0.05) is 26.2 Å². The molecule has 1 aromatic carbocycles. The minimum absolute atomic E-state index is 0.0913. The van der Waals surface area contributed by atoms with Crippen LogP contribution in [0.3, 0.4) is 0 Å². The number of nitrogens with one attached hydrogen (secondary N) is 1. The van der Waals surface area contributed by atoms with Gasteiger partial charge in [-0.15, -0.1) is 22.7 Å². The molecule has 2 aromatic heterocycles. The van der Waals surface area contributed by atoms with Crippen molar-refractivity contribution in [3.05, 3.63) is 57.9 Å². The fourth-order valence-corrected chi connectivity index (χ4v) is 5.02. The summed E-state index contributed by atoms with van der Waals surface area (Å²) in [6.07, 6.45) is 0. The van der Waals surface area contributed by atoms with E-state index in [0.29, 0.717) is 18.0 Å².